The van der Waals surface area contributed by atoms with E-state index in [1.165, 1.54) is 25.9 Å². The molecule has 3 fully saturated rings. The molecule has 4 unspecified atom stereocenters. The molecule has 43 heavy (non-hydrogen) atoms. The van der Waals surface area contributed by atoms with E-state index >= 15 is 0 Å². The maximum absolute atomic E-state index is 12.0. The Bertz CT molecular complexity index is 1310. The number of carbonyl (C=O) groups is 2. The molecular formula is C32H53ClN8O2+2. The third-order valence-electron chi connectivity index (χ3n) is 9.95. The van der Waals surface area contributed by atoms with E-state index in [1.807, 2.05) is 44.2 Å². The summed E-state index contributed by atoms with van der Waals surface area (Å²) in [5.74, 6) is -0.474. The molecule has 10 nitrogen and oxygen atoms in total. The SMILES string of the molecule is Cc1cc(N2CC([N+](C)(C)C)CC2C(N)=O)ccc1N.Cc1cc(N2CC([N+]3(C)CCCC3)CC2C(N)=O)ccc1N.Cl. The van der Waals surface area contributed by atoms with Crippen LogP contribution in [0.4, 0.5) is 22.7 Å². The number of nitrogens with zero attached hydrogens (tertiary/aromatic N) is 4. The molecular weight excluding hydrogens is 564 g/mol. The van der Waals surface area contributed by atoms with Gasteiger partial charge in [0.2, 0.25) is 11.8 Å². The minimum atomic E-state index is -0.254. The van der Waals surface area contributed by atoms with Gasteiger partial charge >= 0.3 is 0 Å². The van der Waals surface area contributed by atoms with Crippen molar-refractivity contribution in [1.29, 1.82) is 0 Å². The number of primary amides is 2. The van der Waals surface area contributed by atoms with Crippen LogP contribution in [0, 0.1) is 13.8 Å². The minimum Gasteiger partial charge on any atom is -0.399 e. The zero-order chi connectivity index (χ0) is 31.0. The number of hydrogen-bond donors (Lipinski definition) is 4. The Labute approximate surface area is 263 Å². The predicted molar refractivity (Wildman–Crippen MR) is 179 cm³/mol. The molecule has 11 heteroatoms. The number of likely N-dealkylation sites (tertiary alicyclic amines) is 1. The molecule has 0 aromatic heterocycles. The summed E-state index contributed by atoms with van der Waals surface area (Å²) in [6, 6.07) is 12.3. The van der Waals surface area contributed by atoms with Gasteiger partial charge in [-0.2, -0.15) is 0 Å². The van der Waals surface area contributed by atoms with E-state index in [4.69, 9.17) is 22.9 Å². The topological polar surface area (TPSA) is 145 Å². The number of likely N-dealkylation sites (N-methyl/N-ethyl adjacent to an activating group) is 2. The zero-order valence-electron chi connectivity index (χ0n) is 26.8. The quantitative estimate of drug-likeness (QED) is 0.290. The van der Waals surface area contributed by atoms with Crippen molar-refractivity contribution in [2.24, 2.45) is 11.5 Å². The van der Waals surface area contributed by atoms with Crippen LogP contribution in [0.15, 0.2) is 36.4 Å². The molecule has 3 heterocycles. The van der Waals surface area contributed by atoms with Crippen molar-refractivity contribution >= 4 is 47.0 Å². The fourth-order valence-corrected chi connectivity index (χ4v) is 6.85. The number of amides is 2. The predicted octanol–water partition coefficient (Wildman–Crippen LogP) is 2.39. The van der Waals surface area contributed by atoms with E-state index in [1.54, 1.807) is 0 Å². The number of carbonyl (C=O) groups excluding carboxylic acids is 2. The van der Waals surface area contributed by atoms with Gasteiger partial charge in [-0.15, -0.1) is 12.4 Å². The fourth-order valence-electron chi connectivity index (χ4n) is 6.85. The van der Waals surface area contributed by atoms with Gasteiger partial charge < -0.3 is 41.7 Å². The molecule has 5 rings (SSSR count). The lowest BCUT2D eigenvalue weighted by Crippen LogP contribution is -2.51. The highest BCUT2D eigenvalue weighted by Crippen LogP contribution is 2.35. The van der Waals surface area contributed by atoms with E-state index in [0.717, 1.165) is 68.8 Å². The largest absolute Gasteiger partial charge is 0.399 e. The molecule has 8 N–H and O–H groups in total. The molecule has 2 aromatic rings. The normalized spacial score (nSPS) is 24.7. The summed E-state index contributed by atoms with van der Waals surface area (Å²) in [6.07, 6.45) is 4.22. The maximum atomic E-state index is 12.0. The van der Waals surface area contributed by atoms with E-state index in [9.17, 15) is 9.59 Å². The van der Waals surface area contributed by atoms with Crippen molar-refractivity contribution in [3.63, 3.8) is 0 Å². The van der Waals surface area contributed by atoms with Gasteiger partial charge in [0, 0.05) is 48.4 Å². The molecule has 0 spiro atoms. The molecule has 0 aliphatic carbocycles. The summed E-state index contributed by atoms with van der Waals surface area (Å²) in [5, 5.41) is 0. The molecule has 3 aliphatic heterocycles. The Morgan fingerprint density at radius 3 is 1.65 bits per heavy atom. The van der Waals surface area contributed by atoms with Crippen LogP contribution in [0.3, 0.4) is 0 Å². The molecule has 2 amide bonds. The number of quaternary nitrogens is 2. The Morgan fingerprint density at radius 2 is 1.23 bits per heavy atom. The second kappa shape index (κ2) is 13.2. The summed E-state index contributed by atoms with van der Waals surface area (Å²) in [4.78, 5) is 28.0. The van der Waals surface area contributed by atoms with E-state index in [2.05, 4.69) is 44.1 Å². The summed E-state index contributed by atoms with van der Waals surface area (Å²) in [6.45, 7) is 8.13. The second-order valence-electron chi connectivity index (χ2n) is 13.8. The van der Waals surface area contributed by atoms with Crippen molar-refractivity contribution in [3.05, 3.63) is 47.5 Å². The first kappa shape index (κ1) is 34.3. The Morgan fingerprint density at radius 1 is 0.791 bits per heavy atom. The number of nitrogen functional groups attached to an aromatic ring is 2. The van der Waals surface area contributed by atoms with Crippen molar-refractivity contribution in [2.75, 3.05) is 75.6 Å². The van der Waals surface area contributed by atoms with Gasteiger partial charge in [0.1, 0.15) is 24.2 Å². The molecule has 3 saturated heterocycles. The minimum absolute atomic E-state index is 0. The second-order valence-corrected chi connectivity index (χ2v) is 13.8. The van der Waals surface area contributed by atoms with Crippen LogP contribution in [0.1, 0.15) is 36.8 Å². The van der Waals surface area contributed by atoms with Gasteiger partial charge in [0.15, 0.2) is 0 Å². The lowest BCUT2D eigenvalue weighted by molar-refractivity contribution is -0.919. The average molecular weight is 617 g/mol. The van der Waals surface area contributed by atoms with Crippen molar-refractivity contribution in [1.82, 2.24) is 0 Å². The van der Waals surface area contributed by atoms with Crippen LogP contribution >= 0.6 is 12.4 Å². The zero-order valence-corrected chi connectivity index (χ0v) is 27.6. The molecule has 2 aromatic carbocycles. The standard InChI is InChI=1S/C17H26N4O.C15H24N4O.ClH/c1-12-9-13(5-6-15(12)18)20-11-14(10-16(20)17(19)22)21(2)7-3-4-8-21;1-10-7-11(5-6-13(10)16)18-9-12(19(2,3)4)8-14(18)15(17)20;/h5-6,9,14,16H,3-4,7-8,10-11,18H2,1-2H3,(H-,19,22);5-7,12,14H,8-9,16H2,1-4H3,(H-,17,20);1H/p+2. The van der Waals surface area contributed by atoms with E-state index in [-0.39, 0.29) is 36.3 Å². The van der Waals surface area contributed by atoms with Gasteiger partial charge in [-0.25, -0.2) is 0 Å². The lowest BCUT2D eigenvalue weighted by Gasteiger charge is -2.35. The number of nitrogens with two attached hydrogens (primary N) is 4. The summed E-state index contributed by atoms with van der Waals surface area (Å²) >= 11 is 0. The van der Waals surface area contributed by atoms with Gasteiger partial charge in [-0.3, -0.25) is 9.59 Å². The summed E-state index contributed by atoms with van der Waals surface area (Å²) in [5.41, 5.74) is 28.8. The van der Waals surface area contributed by atoms with E-state index in [0.29, 0.717) is 12.1 Å². The van der Waals surface area contributed by atoms with Crippen LogP contribution in [0.5, 0.6) is 0 Å². The van der Waals surface area contributed by atoms with Crippen molar-refractivity contribution in [3.8, 4) is 0 Å². The molecule has 0 saturated carbocycles. The van der Waals surface area contributed by atoms with E-state index < -0.39 is 0 Å². The van der Waals surface area contributed by atoms with Crippen LogP contribution < -0.4 is 32.7 Å². The number of anilines is 4. The Balaban J connectivity index is 0.000000231. The molecule has 0 radical (unpaired) electrons. The number of aryl methyl sites for hydroxylation is 2. The van der Waals surface area contributed by atoms with Gasteiger partial charge in [0.05, 0.1) is 54.4 Å². The number of rotatable bonds is 6. The highest BCUT2D eigenvalue weighted by atomic mass is 35.5. The Hall–Kier alpha value is -3.21. The first-order valence-electron chi connectivity index (χ1n) is 15.1. The summed E-state index contributed by atoms with van der Waals surface area (Å²) < 4.78 is 1.91. The molecule has 238 valence electrons. The average Bonchev–Trinajstić information content (AvgIpc) is 3.66. The number of halogens is 1. The van der Waals surface area contributed by atoms with Gasteiger partial charge in [0.25, 0.3) is 0 Å². The highest BCUT2D eigenvalue weighted by molar-refractivity contribution is 5.86. The van der Waals surface area contributed by atoms with Crippen molar-refractivity contribution < 1.29 is 18.6 Å². The monoisotopic (exact) mass is 616 g/mol. The highest BCUT2D eigenvalue weighted by Gasteiger charge is 2.46. The van der Waals surface area contributed by atoms with Gasteiger partial charge in [-0.1, -0.05) is 0 Å². The third-order valence-corrected chi connectivity index (χ3v) is 9.95. The first-order chi connectivity index (χ1) is 19.6. The third kappa shape index (κ3) is 7.48. The molecule has 4 atom stereocenters. The number of hydrogen-bond acceptors (Lipinski definition) is 6. The maximum Gasteiger partial charge on any atom is 0.240 e. The fraction of sp³-hybridized carbons (Fsp3) is 0.562. The van der Waals surface area contributed by atoms with Crippen LogP contribution in [-0.4, -0.2) is 99.3 Å². The molecule has 0 bridgehead atoms. The first-order valence-corrected chi connectivity index (χ1v) is 15.1. The smallest absolute Gasteiger partial charge is 0.240 e. The van der Waals surface area contributed by atoms with Crippen LogP contribution in [0.2, 0.25) is 0 Å². The van der Waals surface area contributed by atoms with Crippen molar-refractivity contribution in [2.45, 2.75) is 63.7 Å². The molecule has 3 aliphatic rings. The summed E-state index contributed by atoms with van der Waals surface area (Å²) in [7, 11) is 8.79. The number of benzene rings is 2. The lowest BCUT2D eigenvalue weighted by atomic mass is 10.1. The van der Waals surface area contributed by atoms with Crippen LogP contribution in [-0.2, 0) is 9.59 Å². The van der Waals surface area contributed by atoms with Crippen LogP contribution in [0.25, 0.3) is 0 Å². The Kier molecular flexibility index (Phi) is 10.5. The van der Waals surface area contributed by atoms with Gasteiger partial charge in [-0.05, 0) is 61.4 Å².